The Morgan fingerprint density at radius 3 is 2.62 bits per heavy atom. The van der Waals surface area contributed by atoms with Gasteiger partial charge in [0.05, 0.1) is 5.60 Å². The SMILES string of the molecule is Oc1ccc(CC2(O)CC2)cc1F. The van der Waals surface area contributed by atoms with Crippen molar-refractivity contribution in [2.24, 2.45) is 0 Å². The Kier molecular flexibility index (Phi) is 1.77. The number of hydrogen-bond acceptors (Lipinski definition) is 2. The summed E-state index contributed by atoms with van der Waals surface area (Å²) < 4.78 is 12.8. The lowest BCUT2D eigenvalue weighted by atomic mass is 10.1. The van der Waals surface area contributed by atoms with E-state index >= 15 is 0 Å². The fraction of sp³-hybridized carbons (Fsp3) is 0.400. The van der Waals surface area contributed by atoms with E-state index in [1.165, 1.54) is 12.1 Å². The van der Waals surface area contributed by atoms with Crippen LogP contribution in [0, 0.1) is 5.82 Å². The number of aliphatic hydroxyl groups is 1. The summed E-state index contributed by atoms with van der Waals surface area (Å²) in [6, 6.07) is 4.22. The van der Waals surface area contributed by atoms with Gasteiger partial charge in [-0.25, -0.2) is 4.39 Å². The molecule has 0 aliphatic heterocycles. The van der Waals surface area contributed by atoms with Gasteiger partial charge in [-0.05, 0) is 30.5 Å². The third-order valence-electron chi connectivity index (χ3n) is 2.37. The van der Waals surface area contributed by atoms with Gasteiger partial charge in [0.15, 0.2) is 11.6 Å². The number of hydrogen-bond donors (Lipinski definition) is 2. The quantitative estimate of drug-likeness (QED) is 0.729. The molecular weight excluding hydrogens is 171 g/mol. The maximum atomic E-state index is 12.8. The Balaban J connectivity index is 2.17. The van der Waals surface area contributed by atoms with Crippen molar-refractivity contribution >= 4 is 0 Å². The van der Waals surface area contributed by atoms with Crippen molar-refractivity contribution in [2.45, 2.75) is 24.9 Å². The summed E-state index contributed by atoms with van der Waals surface area (Å²) in [7, 11) is 0. The van der Waals surface area contributed by atoms with Gasteiger partial charge in [-0.2, -0.15) is 0 Å². The second kappa shape index (κ2) is 2.70. The fourth-order valence-electron chi connectivity index (χ4n) is 1.36. The second-order valence-electron chi connectivity index (χ2n) is 3.69. The van der Waals surface area contributed by atoms with Crippen molar-refractivity contribution in [3.63, 3.8) is 0 Å². The molecule has 0 saturated heterocycles. The highest BCUT2D eigenvalue weighted by Gasteiger charge is 2.40. The van der Waals surface area contributed by atoms with Crippen LogP contribution in [0.5, 0.6) is 5.75 Å². The zero-order valence-corrected chi connectivity index (χ0v) is 7.13. The summed E-state index contributed by atoms with van der Waals surface area (Å²) in [5.41, 5.74) is 0.124. The van der Waals surface area contributed by atoms with Crippen LogP contribution in [-0.2, 0) is 6.42 Å². The highest BCUT2D eigenvalue weighted by atomic mass is 19.1. The van der Waals surface area contributed by atoms with Crippen LogP contribution in [0.15, 0.2) is 18.2 Å². The lowest BCUT2D eigenvalue weighted by molar-refractivity contribution is 0.151. The average molecular weight is 182 g/mol. The van der Waals surface area contributed by atoms with Crippen LogP contribution < -0.4 is 0 Å². The molecule has 1 aliphatic carbocycles. The second-order valence-corrected chi connectivity index (χ2v) is 3.69. The van der Waals surface area contributed by atoms with Gasteiger partial charge in [-0.1, -0.05) is 6.07 Å². The van der Waals surface area contributed by atoms with E-state index in [9.17, 15) is 9.50 Å². The first-order chi connectivity index (χ1) is 6.09. The summed E-state index contributed by atoms with van der Waals surface area (Å²) in [5, 5.41) is 18.5. The van der Waals surface area contributed by atoms with Crippen molar-refractivity contribution in [1.29, 1.82) is 0 Å². The predicted molar refractivity (Wildman–Crippen MR) is 46.0 cm³/mol. The molecule has 0 radical (unpaired) electrons. The van der Waals surface area contributed by atoms with Gasteiger partial charge in [-0.15, -0.1) is 0 Å². The van der Waals surface area contributed by atoms with Crippen LogP contribution in [-0.4, -0.2) is 15.8 Å². The molecule has 0 atom stereocenters. The Labute approximate surface area is 75.6 Å². The molecule has 0 amide bonds. The van der Waals surface area contributed by atoms with Gasteiger partial charge < -0.3 is 10.2 Å². The molecule has 1 saturated carbocycles. The third-order valence-corrected chi connectivity index (χ3v) is 2.37. The molecule has 0 spiro atoms. The van der Waals surface area contributed by atoms with Gasteiger partial charge in [0, 0.05) is 6.42 Å². The molecule has 2 rings (SSSR count). The summed E-state index contributed by atoms with van der Waals surface area (Å²) in [4.78, 5) is 0. The van der Waals surface area contributed by atoms with E-state index in [1.54, 1.807) is 6.07 Å². The van der Waals surface area contributed by atoms with Crippen molar-refractivity contribution in [3.8, 4) is 5.75 Å². The van der Waals surface area contributed by atoms with Crippen LogP contribution in [0.3, 0.4) is 0 Å². The Morgan fingerprint density at radius 1 is 1.38 bits per heavy atom. The van der Waals surface area contributed by atoms with Crippen molar-refractivity contribution in [1.82, 2.24) is 0 Å². The first-order valence-corrected chi connectivity index (χ1v) is 4.29. The van der Waals surface area contributed by atoms with E-state index in [4.69, 9.17) is 5.11 Å². The molecule has 0 unspecified atom stereocenters. The molecule has 1 aliphatic rings. The van der Waals surface area contributed by atoms with Gasteiger partial charge in [0.2, 0.25) is 0 Å². The standard InChI is InChI=1S/C10H11FO2/c11-8-5-7(1-2-9(8)12)6-10(13)3-4-10/h1-2,5,12-13H,3-4,6H2. The minimum absolute atomic E-state index is 0.341. The molecule has 0 heterocycles. The summed E-state index contributed by atoms with van der Waals surface area (Å²) in [5.74, 6) is -0.965. The first-order valence-electron chi connectivity index (χ1n) is 4.29. The molecular formula is C10H11FO2. The monoisotopic (exact) mass is 182 g/mol. The Hall–Kier alpha value is -1.09. The molecule has 0 aromatic heterocycles. The number of rotatable bonds is 2. The normalized spacial score (nSPS) is 18.6. The van der Waals surface area contributed by atoms with E-state index < -0.39 is 11.4 Å². The van der Waals surface area contributed by atoms with Crippen molar-refractivity contribution < 1.29 is 14.6 Å². The highest BCUT2D eigenvalue weighted by molar-refractivity contribution is 5.29. The molecule has 1 fully saturated rings. The van der Waals surface area contributed by atoms with Crippen LogP contribution >= 0.6 is 0 Å². The molecule has 3 heteroatoms. The van der Waals surface area contributed by atoms with E-state index in [0.29, 0.717) is 6.42 Å². The number of phenolic OH excluding ortho intramolecular Hbond substituents is 1. The van der Waals surface area contributed by atoms with E-state index in [-0.39, 0.29) is 5.75 Å². The molecule has 2 N–H and O–H groups in total. The topological polar surface area (TPSA) is 40.5 Å². The predicted octanol–water partition coefficient (Wildman–Crippen LogP) is 1.60. The lowest BCUT2D eigenvalue weighted by Gasteiger charge is -2.07. The zero-order chi connectivity index (χ0) is 9.47. The van der Waals surface area contributed by atoms with E-state index in [0.717, 1.165) is 18.4 Å². The van der Waals surface area contributed by atoms with E-state index in [1.807, 2.05) is 0 Å². The third kappa shape index (κ3) is 1.80. The fourth-order valence-corrected chi connectivity index (χ4v) is 1.36. The van der Waals surface area contributed by atoms with E-state index in [2.05, 4.69) is 0 Å². The zero-order valence-electron chi connectivity index (χ0n) is 7.13. The van der Waals surface area contributed by atoms with Gasteiger partial charge in [0.1, 0.15) is 0 Å². The molecule has 0 bridgehead atoms. The van der Waals surface area contributed by atoms with Crippen LogP contribution in [0.25, 0.3) is 0 Å². The first kappa shape index (κ1) is 8.51. The molecule has 70 valence electrons. The summed E-state index contributed by atoms with van der Waals surface area (Å²) in [6.45, 7) is 0. The summed E-state index contributed by atoms with van der Waals surface area (Å²) >= 11 is 0. The maximum absolute atomic E-state index is 12.8. The highest BCUT2D eigenvalue weighted by Crippen LogP contribution is 2.38. The van der Waals surface area contributed by atoms with Crippen molar-refractivity contribution in [2.75, 3.05) is 0 Å². The largest absolute Gasteiger partial charge is 0.505 e. The number of benzene rings is 1. The van der Waals surface area contributed by atoms with Crippen LogP contribution in [0.4, 0.5) is 4.39 Å². The molecule has 2 nitrogen and oxygen atoms in total. The Morgan fingerprint density at radius 2 is 2.08 bits per heavy atom. The minimum atomic E-state index is -0.623. The molecule has 1 aromatic rings. The number of halogens is 1. The van der Waals surface area contributed by atoms with Gasteiger partial charge >= 0.3 is 0 Å². The van der Waals surface area contributed by atoms with Crippen LogP contribution in [0.2, 0.25) is 0 Å². The summed E-state index contributed by atoms with van der Waals surface area (Å²) in [6.07, 6.45) is 2.05. The Bertz CT molecular complexity index is 332. The minimum Gasteiger partial charge on any atom is -0.505 e. The smallest absolute Gasteiger partial charge is 0.165 e. The lowest BCUT2D eigenvalue weighted by Crippen LogP contribution is -2.10. The van der Waals surface area contributed by atoms with Crippen LogP contribution in [0.1, 0.15) is 18.4 Å². The van der Waals surface area contributed by atoms with Crippen molar-refractivity contribution in [3.05, 3.63) is 29.6 Å². The molecule has 13 heavy (non-hydrogen) atoms. The maximum Gasteiger partial charge on any atom is 0.165 e. The van der Waals surface area contributed by atoms with Gasteiger partial charge in [-0.3, -0.25) is 0 Å². The average Bonchev–Trinajstić information content (AvgIpc) is 2.76. The number of phenols is 1. The number of aromatic hydroxyl groups is 1. The molecule has 1 aromatic carbocycles. The van der Waals surface area contributed by atoms with Gasteiger partial charge in [0.25, 0.3) is 0 Å².